The second-order valence-electron chi connectivity index (χ2n) is 4.01. The number of nitrogens with two attached hydrogens (primary N) is 1. The molecule has 1 unspecified atom stereocenters. The Hall–Kier alpha value is -1.08. The largest absolute Gasteiger partial charge is 0.375 e. The van der Waals surface area contributed by atoms with E-state index in [0.717, 1.165) is 19.3 Å². The van der Waals surface area contributed by atoms with Gasteiger partial charge in [-0.25, -0.2) is 8.78 Å². The highest BCUT2D eigenvalue weighted by Gasteiger charge is 2.14. The summed E-state index contributed by atoms with van der Waals surface area (Å²) in [6.07, 6.45) is 0.733. The van der Waals surface area contributed by atoms with Gasteiger partial charge >= 0.3 is 0 Å². The predicted octanol–water partition coefficient (Wildman–Crippen LogP) is 2.08. The Morgan fingerprint density at radius 3 is 2.89 bits per heavy atom. The van der Waals surface area contributed by atoms with Crippen LogP contribution in [0.3, 0.4) is 0 Å². The maximum Gasteiger partial charge on any atom is 0.261 e. The van der Waals surface area contributed by atoms with Crippen molar-refractivity contribution in [3.05, 3.63) is 11.7 Å². The SMILES string of the molecule is CCCCC(N)c1nc(CCOCC(F)F)no1. The van der Waals surface area contributed by atoms with Crippen molar-refractivity contribution in [2.24, 2.45) is 5.73 Å². The van der Waals surface area contributed by atoms with Crippen LogP contribution in [-0.2, 0) is 11.2 Å². The zero-order valence-corrected chi connectivity index (χ0v) is 10.4. The number of nitrogens with zero attached hydrogens (tertiary/aromatic N) is 2. The summed E-state index contributed by atoms with van der Waals surface area (Å²) in [5, 5.41) is 3.73. The summed E-state index contributed by atoms with van der Waals surface area (Å²) < 4.78 is 33.3. The third-order valence-electron chi connectivity index (χ3n) is 2.38. The first kappa shape index (κ1) is 15.0. The number of alkyl halides is 2. The van der Waals surface area contributed by atoms with Gasteiger partial charge in [-0.2, -0.15) is 4.98 Å². The molecule has 0 fully saturated rings. The van der Waals surface area contributed by atoms with Crippen molar-refractivity contribution in [3.8, 4) is 0 Å². The Bertz CT molecular complexity index is 334. The topological polar surface area (TPSA) is 74.2 Å². The van der Waals surface area contributed by atoms with E-state index in [2.05, 4.69) is 17.1 Å². The maximum atomic E-state index is 11.8. The molecule has 104 valence electrons. The lowest BCUT2D eigenvalue weighted by atomic mass is 10.1. The molecule has 0 saturated carbocycles. The molecule has 0 amide bonds. The second kappa shape index (κ2) is 8.10. The molecule has 7 heteroatoms. The standard InChI is InChI=1S/C11H19F2N3O2/c1-2-3-4-8(14)11-15-10(16-18-11)5-6-17-7-9(12)13/h8-9H,2-7,14H2,1H3. The number of hydrogen-bond acceptors (Lipinski definition) is 5. The Labute approximate surface area is 105 Å². The van der Waals surface area contributed by atoms with Gasteiger partial charge in [0.2, 0.25) is 5.89 Å². The lowest BCUT2D eigenvalue weighted by Crippen LogP contribution is -2.11. The monoisotopic (exact) mass is 263 g/mol. The molecular formula is C11H19F2N3O2. The molecule has 0 aliphatic rings. The van der Waals surface area contributed by atoms with Gasteiger partial charge in [-0.05, 0) is 6.42 Å². The first-order valence-electron chi connectivity index (χ1n) is 6.07. The van der Waals surface area contributed by atoms with Gasteiger partial charge in [0, 0.05) is 6.42 Å². The molecule has 1 atom stereocenters. The summed E-state index contributed by atoms with van der Waals surface area (Å²) in [6, 6.07) is -0.256. The van der Waals surface area contributed by atoms with Gasteiger partial charge in [0.25, 0.3) is 6.43 Å². The molecule has 0 aliphatic heterocycles. The maximum absolute atomic E-state index is 11.8. The van der Waals surface area contributed by atoms with Crippen LogP contribution in [0.4, 0.5) is 8.78 Å². The predicted molar refractivity (Wildman–Crippen MR) is 61.3 cm³/mol. The Kier molecular flexibility index (Phi) is 6.74. The zero-order valence-electron chi connectivity index (χ0n) is 10.4. The van der Waals surface area contributed by atoms with E-state index in [1.807, 2.05) is 0 Å². The van der Waals surface area contributed by atoms with Crippen LogP contribution in [-0.4, -0.2) is 29.8 Å². The smallest absolute Gasteiger partial charge is 0.261 e. The number of rotatable bonds is 9. The van der Waals surface area contributed by atoms with Gasteiger partial charge in [-0.15, -0.1) is 0 Å². The van der Waals surface area contributed by atoms with Crippen LogP contribution in [0.15, 0.2) is 4.52 Å². The van der Waals surface area contributed by atoms with E-state index in [-0.39, 0.29) is 12.6 Å². The Morgan fingerprint density at radius 2 is 2.22 bits per heavy atom. The highest BCUT2D eigenvalue weighted by Crippen LogP contribution is 2.14. The first-order chi connectivity index (χ1) is 8.63. The number of ether oxygens (including phenoxy) is 1. The van der Waals surface area contributed by atoms with Crippen LogP contribution in [0.5, 0.6) is 0 Å². The van der Waals surface area contributed by atoms with E-state index in [1.165, 1.54) is 0 Å². The van der Waals surface area contributed by atoms with E-state index in [1.54, 1.807) is 0 Å². The molecular weight excluding hydrogens is 244 g/mol. The Balaban J connectivity index is 2.29. The van der Waals surface area contributed by atoms with Crippen molar-refractivity contribution in [3.63, 3.8) is 0 Å². The van der Waals surface area contributed by atoms with Crippen LogP contribution in [0.2, 0.25) is 0 Å². The van der Waals surface area contributed by atoms with Gasteiger partial charge in [0.05, 0.1) is 12.6 Å². The number of aromatic nitrogens is 2. The lowest BCUT2D eigenvalue weighted by Gasteiger charge is -2.03. The molecule has 1 rings (SSSR count). The van der Waals surface area contributed by atoms with Crippen molar-refractivity contribution in [1.29, 1.82) is 0 Å². The van der Waals surface area contributed by atoms with Crippen LogP contribution < -0.4 is 5.73 Å². The Morgan fingerprint density at radius 1 is 1.44 bits per heavy atom. The van der Waals surface area contributed by atoms with Crippen LogP contribution in [0.1, 0.15) is 43.9 Å². The lowest BCUT2D eigenvalue weighted by molar-refractivity contribution is 0.0182. The van der Waals surface area contributed by atoms with Gasteiger partial charge < -0.3 is 15.0 Å². The minimum atomic E-state index is -2.45. The molecule has 0 aromatic carbocycles. The number of halogens is 2. The average molecular weight is 263 g/mol. The average Bonchev–Trinajstić information content (AvgIpc) is 2.80. The third-order valence-corrected chi connectivity index (χ3v) is 2.38. The summed E-state index contributed by atoms with van der Waals surface area (Å²) >= 11 is 0. The molecule has 0 saturated heterocycles. The highest BCUT2D eigenvalue weighted by atomic mass is 19.3. The van der Waals surface area contributed by atoms with E-state index < -0.39 is 13.0 Å². The molecule has 0 bridgehead atoms. The molecule has 2 N–H and O–H groups in total. The molecule has 0 radical (unpaired) electrons. The van der Waals surface area contributed by atoms with Crippen molar-refractivity contribution in [1.82, 2.24) is 10.1 Å². The highest BCUT2D eigenvalue weighted by molar-refractivity contribution is 4.91. The van der Waals surface area contributed by atoms with Crippen LogP contribution in [0.25, 0.3) is 0 Å². The molecule has 18 heavy (non-hydrogen) atoms. The molecule has 1 heterocycles. The second-order valence-corrected chi connectivity index (χ2v) is 4.01. The summed E-state index contributed by atoms with van der Waals surface area (Å²) in [7, 11) is 0. The first-order valence-corrected chi connectivity index (χ1v) is 6.07. The normalized spacial score (nSPS) is 13.2. The fourth-order valence-electron chi connectivity index (χ4n) is 1.40. The van der Waals surface area contributed by atoms with Gasteiger partial charge in [-0.1, -0.05) is 24.9 Å². The van der Waals surface area contributed by atoms with Crippen molar-refractivity contribution >= 4 is 0 Å². The summed E-state index contributed by atoms with van der Waals surface area (Å²) in [5.74, 6) is 0.832. The van der Waals surface area contributed by atoms with E-state index in [9.17, 15) is 8.78 Å². The zero-order chi connectivity index (χ0) is 13.4. The minimum Gasteiger partial charge on any atom is -0.375 e. The van der Waals surface area contributed by atoms with Crippen LogP contribution in [0, 0.1) is 0 Å². The molecule has 5 nitrogen and oxygen atoms in total. The van der Waals surface area contributed by atoms with Gasteiger partial charge in [0.1, 0.15) is 6.61 Å². The van der Waals surface area contributed by atoms with E-state index >= 15 is 0 Å². The third kappa shape index (κ3) is 5.50. The van der Waals surface area contributed by atoms with Crippen LogP contribution >= 0.6 is 0 Å². The molecule has 0 aliphatic carbocycles. The number of hydrogen-bond donors (Lipinski definition) is 1. The van der Waals surface area contributed by atoms with Gasteiger partial charge in [0.15, 0.2) is 5.82 Å². The summed E-state index contributed by atoms with van der Waals surface area (Å²) in [5.41, 5.74) is 5.86. The number of unbranched alkanes of at least 4 members (excludes halogenated alkanes) is 1. The minimum absolute atomic E-state index is 0.146. The molecule has 1 aromatic heterocycles. The van der Waals surface area contributed by atoms with Gasteiger partial charge in [-0.3, -0.25) is 0 Å². The van der Waals surface area contributed by atoms with Crippen molar-refractivity contribution in [2.75, 3.05) is 13.2 Å². The fourth-order valence-corrected chi connectivity index (χ4v) is 1.40. The summed E-state index contributed by atoms with van der Waals surface area (Å²) in [4.78, 5) is 4.11. The van der Waals surface area contributed by atoms with E-state index in [0.29, 0.717) is 18.1 Å². The van der Waals surface area contributed by atoms with E-state index in [4.69, 9.17) is 15.0 Å². The molecule has 1 aromatic rings. The summed E-state index contributed by atoms with van der Waals surface area (Å²) in [6.45, 7) is 1.65. The molecule has 0 spiro atoms. The quantitative estimate of drug-likeness (QED) is 0.690. The van der Waals surface area contributed by atoms with Crippen molar-refractivity contribution < 1.29 is 18.0 Å². The fraction of sp³-hybridized carbons (Fsp3) is 0.818. The van der Waals surface area contributed by atoms with Crippen molar-refractivity contribution in [2.45, 2.75) is 45.1 Å².